The van der Waals surface area contributed by atoms with Crippen molar-refractivity contribution in [1.29, 1.82) is 0 Å². The quantitative estimate of drug-likeness (QED) is 0.758. The van der Waals surface area contributed by atoms with Gasteiger partial charge in [0.1, 0.15) is 11.6 Å². The first-order valence-corrected chi connectivity index (χ1v) is 8.03. The third-order valence-corrected chi connectivity index (χ3v) is 3.62. The standard InChI is InChI=1S/C15H26N6O2/c1-10(13(22)17-14(23)18-15(2,3)4)16-9-12-20-19-11-7-5-6-8-21(11)12/h10,16H,5-9H2,1-4H3,(H2,17,18,22,23). The Bertz CT molecular complexity index is 575. The molecule has 128 valence electrons. The van der Waals surface area contributed by atoms with Gasteiger partial charge in [0.2, 0.25) is 5.91 Å². The highest BCUT2D eigenvalue weighted by Crippen LogP contribution is 2.14. The average molecular weight is 322 g/mol. The lowest BCUT2D eigenvalue weighted by Crippen LogP contribution is -2.52. The lowest BCUT2D eigenvalue weighted by atomic mass is 10.1. The van der Waals surface area contributed by atoms with Crippen LogP contribution < -0.4 is 16.0 Å². The number of nitrogens with one attached hydrogen (secondary N) is 3. The molecule has 3 N–H and O–H groups in total. The van der Waals surface area contributed by atoms with Crippen molar-refractivity contribution in [3.63, 3.8) is 0 Å². The number of hydrogen-bond acceptors (Lipinski definition) is 5. The van der Waals surface area contributed by atoms with E-state index >= 15 is 0 Å². The van der Waals surface area contributed by atoms with Crippen molar-refractivity contribution in [3.8, 4) is 0 Å². The van der Waals surface area contributed by atoms with E-state index in [0.29, 0.717) is 6.54 Å². The summed E-state index contributed by atoms with van der Waals surface area (Å²) in [5, 5.41) is 16.5. The van der Waals surface area contributed by atoms with E-state index in [2.05, 4.69) is 30.7 Å². The van der Waals surface area contributed by atoms with Crippen molar-refractivity contribution in [3.05, 3.63) is 11.6 Å². The summed E-state index contributed by atoms with van der Waals surface area (Å²) in [6.07, 6.45) is 3.23. The summed E-state index contributed by atoms with van der Waals surface area (Å²) in [6, 6.07) is -0.992. The maximum atomic E-state index is 12.0. The molecule has 8 heteroatoms. The molecule has 1 unspecified atom stereocenters. The number of aromatic nitrogens is 3. The SMILES string of the molecule is CC(NCc1nnc2n1CCCC2)C(=O)NC(=O)NC(C)(C)C. The highest BCUT2D eigenvalue weighted by molar-refractivity contribution is 5.96. The van der Waals surface area contributed by atoms with Gasteiger partial charge in [-0.2, -0.15) is 0 Å². The number of rotatable bonds is 4. The van der Waals surface area contributed by atoms with Crippen LogP contribution in [0.5, 0.6) is 0 Å². The maximum absolute atomic E-state index is 12.0. The van der Waals surface area contributed by atoms with E-state index in [9.17, 15) is 9.59 Å². The van der Waals surface area contributed by atoms with Gasteiger partial charge in [0, 0.05) is 18.5 Å². The zero-order chi connectivity index (χ0) is 17.0. The summed E-state index contributed by atoms with van der Waals surface area (Å²) in [5.41, 5.74) is -0.387. The number of carbonyl (C=O) groups excluding carboxylic acids is 2. The Kier molecular flexibility index (Phi) is 5.35. The smallest absolute Gasteiger partial charge is 0.321 e. The van der Waals surface area contributed by atoms with Crippen molar-refractivity contribution >= 4 is 11.9 Å². The zero-order valence-corrected chi connectivity index (χ0v) is 14.3. The van der Waals surface area contributed by atoms with Crippen LogP contribution in [0, 0.1) is 0 Å². The first kappa shape index (κ1) is 17.4. The third-order valence-electron chi connectivity index (χ3n) is 3.62. The van der Waals surface area contributed by atoms with Crippen molar-refractivity contribution in [1.82, 2.24) is 30.7 Å². The highest BCUT2D eigenvalue weighted by Gasteiger charge is 2.20. The molecule has 2 rings (SSSR count). The predicted octanol–water partition coefficient (Wildman–Crippen LogP) is 0.717. The van der Waals surface area contributed by atoms with Crippen LogP contribution in [0.15, 0.2) is 0 Å². The Hall–Kier alpha value is -1.96. The van der Waals surface area contributed by atoms with Gasteiger partial charge in [0.25, 0.3) is 0 Å². The molecular formula is C15H26N6O2. The van der Waals surface area contributed by atoms with Gasteiger partial charge in [0.15, 0.2) is 0 Å². The van der Waals surface area contributed by atoms with E-state index in [1.807, 2.05) is 20.8 Å². The van der Waals surface area contributed by atoms with Crippen LogP contribution in [0.2, 0.25) is 0 Å². The Morgan fingerprint density at radius 2 is 2.00 bits per heavy atom. The van der Waals surface area contributed by atoms with E-state index in [4.69, 9.17) is 0 Å². The van der Waals surface area contributed by atoms with Crippen LogP contribution in [0.3, 0.4) is 0 Å². The second-order valence-corrected chi connectivity index (χ2v) is 6.94. The molecule has 1 aromatic heterocycles. The van der Waals surface area contributed by atoms with Gasteiger partial charge < -0.3 is 9.88 Å². The van der Waals surface area contributed by atoms with Gasteiger partial charge in [0.05, 0.1) is 12.6 Å². The molecule has 1 aliphatic heterocycles. The first-order chi connectivity index (χ1) is 10.8. The molecule has 0 radical (unpaired) electrons. The summed E-state index contributed by atoms with van der Waals surface area (Å²) in [6.45, 7) is 8.65. The Balaban J connectivity index is 1.82. The molecule has 2 heterocycles. The number of nitrogens with zero attached hydrogens (tertiary/aromatic N) is 3. The average Bonchev–Trinajstić information content (AvgIpc) is 2.85. The van der Waals surface area contributed by atoms with E-state index in [1.165, 1.54) is 0 Å². The fourth-order valence-corrected chi connectivity index (χ4v) is 2.43. The minimum atomic E-state index is -0.503. The molecule has 0 aliphatic carbocycles. The summed E-state index contributed by atoms with van der Waals surface area (Å²) in [4.78, 5) is 23.7. The Labute approximate surface area is 136 Å². The van der Waals surface area contributed by atoms with Crippen molar-refractivity contribution in [2.75, 3.05) is 0 Å². The largest absolute Gasteiger partial charge is 0.333 e. The molecular weight excluding hydrogens is 296 g/mol. The van der Waals surface area contributed by atoms with E-state index in [-0.39, 0.29) is 11.4 Å². The van der Waals surface area contributed by atoms with Crippen LogP contribution >= 0.6 is 0 Å². The molecule has 3 amide bonds. The Morgan fingerprint density at radius 1 is 1.26 bits per heavy atom. The lowest BCUT2D eigenvalue weighted by Gasteiger charge is -2.21. The molecule has 1 aromatic rings. The van der Waals surface area contributed by atoms with Crippen LogP contribution in [0.1, 0.15) is 52.2 Å². The molecule has 0 saturated carbocycles. The van der Waals surface area contributed by atoms with E-state index in [0.717, 1.165) is 37.5 Å². The lowest BCUT2D eigenvalue weighted by molar-refractivity contribution is -0.121. The van der Waals surface area contributed by atoms with Crippen molar-refractivity contribution in [2.45, 2.75) is 71.6 Å². The van der Waals surface area contributed by atoms with Gasteiger partial charge >= 0.3 is 6.03 Å². The van der Waals surface area contributed by atoms with Crippen molar-refractivity contribution < 1.29 is 9.59 Å². The monoisotopic (exact) mass is 322 g/mol. The molecule has 23 heavy (non-hydrogen) atoms. The minimum absolute atomic E-state index is 0.370. The van der Waals surface area contributed by atoms with Crippen LogP contribution in [-0.2, 0) is 24.3 Å². The molecule has 0 spiro atoms. The van der Waals surface area contributed by atoms with E-state index in [1.54, 1.807) is 6.92 Å². The summed E-state index contributed by atoms with van der Waals surface area (Å²) in [7, 11) is 0. The van der Waals surface area contributed by atoms with Crippen molar-refractivity contribution in [2.24, 2.45) is 0 Å². The topological polar surface area (TPSA) is 101 Å². The maximum Gasteiger partial charge on any atom is 0.321 e. The van der Waals surface area contributed by atoms with Gasteiger partial charge in [-0.05, 0) is 40.5 Å². The number of fused-ring (bicyclic) bond motifs is 1. The number of aryl methyl sites for hydroxylation is 1. The number of carbonyl (C=O) groups is 2. The van der Waals surface area contributed by atoms with Gasteiger partial charge in [-0.3, -0.25) is 15.4 Å². The predicted molar refractivity (Wildman–Crippen MR) is 85.7 cm³/mol. The van der Waals surface area contributed by atoms with E-state index < -0.39 is 12.1 Å². The van der Waals surface area contributed by atoms with Crippen LogP contribution in [0.25, 0.3) is 0 Å². The Morgan fingerprint density at radius 3 is 2.70 bits per heavy atom. The molecule has 1 atom stereocenters. The summed E-state index contributed by atoms with van der Waals surface area (Å²) >= 11 is 0. The fourth-order valence-electron chi connectivity index (χ4n) is 2.43. The van der Waals surface area contributed by atoms with Crippen LogP contribution in [0.4, 0.5) is 4.79 Å². The molecule has 0 fully saturated rings. The third kappa shape index (κ3) is 5.02. The fraction of sp³-hybridized carbons (Fsp3) is 0.733. The van der Waals surface area contributed by atoms with Crippen LogP contribution in [-0.4, -0.2) is 38.3 Å². The van der Waals surface area contributed by atoms with Gasteiger partial charge in [-0.25, -0.2) is 4.79 Å². The molecule has 1 aliphatic rings. The number of imide groups is 1. The molecule has 0 aromatic carbocycles. The minimum Gasteiger partial charge on any atom is -0.333 e. The second-order valence-electron chi connectivity index (χ2n) is 6.94. The highest BCUT2D eigenvalue weighted by atomic mass is 16.2. The normalized spacial score (nSPS) is 15.7. The summed E-state index contributed by atoms with van der Waals surface area (Å²) < 4.78 is 2.10. The van der Waals surface area contributed by atoms with Gasteiger partial charge in [-0.1, -0.05) is 0 Å². The summed E-state index contributed by atoms with van der Waals surface area (Å²) in [5.74, 6) is 1.47. The number of amides is 3. The first-order valence-electron chi connectivity index (χ1n) is 8.03. The number of urea groups is 1. The number of hydrogen-bond donors (Lipinski definition) is 3. The van der Waals surface area contributed by atoms with Gasteiger partial charge in [-0.15, -0.1) is 10.2 Å². The zero-order valence-electron chi connectivity index (χ0n) is 14.3. The molecule has 0 saturated heterocycles. The molecule has 0 bridgehead atoms. The second kappa shape index (κ2) is 7.08. The molecule has 8 nitrogen and oxygen atoms in total.